The number of anilines is 1. The van der Waals surface area contributed by atoms with Crippen LogP contribution in [-0.4, -0.2) is 12.5 Å². The molecule has 1 heterocycles. The van der Waals surface area contributed by atoms with Crippen LogP contribution in [0.1, 0.15) is 24.8 Å². The van der Waals surface area contributed by atoms with Gasteiger partial charge in [0.25, 0.3) is 0 Å². The van der Waals surface area contributed by atoms with Crippen LogP contribution in [0.3, 0.4) is 0 Å². The minimum atomic E-state index is 0.186. The molecule has 3 heteroatoms. The number of carbonyl (C=O) groups excluding carboxylic acids is 1. The quantitative estimate of drug-likeness (QED) is 0.696. The summed E-state index contributed by atoms with van der Waals surface area (Å²) in [5.41, 5.74) is 1.53. The van der Waals surface area contributed by atoms with Crippen LogP contribution in [0.15, 0.2) is 24.3 Å². The van der Waals surface area contributed by atoms with Crippen molar-refractivity contribution in [2.75, 3.05) is 11.4 Å². The van der Waals surface area contributed by atoms with Gasteiger partial charge in [0.15, 0.2) is 0 Å². The van der Waals surface area contributed by atoms with Gasteiger partial charge in [0.05, 0.1) is 11.6 Å². The van der Waals surface area contributed by atoms with Gasteiger partial charge in [-0.3, -0.25) is 4.79 Å². The smallest absolute Gasteiger partial charge is 0.226 e. The summed E-state index contributed by atoms with van der Waals surface area (Å²) in [5.74, 6) is 0.186. The second-order valence-corrected chi connectivity index (χ2v) is 3.66. The molecule has 15 heavy (non-hydrogen) atoms. The fourth-order valence-corrected chi connectivity index (χ4v) is 1.79. The van der Waals surface area contributed by atoms with E-state index in [1.807, 2.05) is 12.1 Å². The number of hydrogen-bond donors (Lipinski definition) is 0. The van der Waals surface area contributed by atoms with Crippen molar-refractivity contribution in [1.29, 1.82) is 5.26 Å². The lowest BCUT2D eigenvalue weighted by Gasteiger charge is -2.26. The lowest BCUT2D eigenvalue weighted by molar-refractivity contribution is -0.119. The molecule has 1 fully saturated rings. The standard InChI is InChI=1S/C12H12N2O/c13-9-10-4-6-11(7-5-10)14-8-2-1-3-12(14)15/h4-7H,1-3,8H2. The summed E-state index contributed by atoms with van der Waals surface area (Å²) in [5, 5.41) is 8.66. The Balaban J connectivity index is 2.21. The van der Waals surface area contributed by atoms with Gasteiger partial charge < -0.3 is 4.90 Å². The third kappa shape index (κ3) is 1.99. The molecule has 0 saturated carbocycles. The summed E-state index contributed by atoms with van der Waals surface area (Å²) in [7, 11) is 0. The van der Waals surface area contributed by atoms with Gasteiger partial charge in [0.2, 0.25) is 5.91 Å². The zero-order valence-electron chi connectivity index (χ0n) is 8.44. The molecule has 0 atom stereocenters. The fourth-order valence-electron chi connectivity index (χ4n) is 1.79. The van der Waals surface area contributed by atoms with Crippen molar-refractivity contribution in [3.05, 3.63) is 29.8 Å². The summed E-state index contributed by atoms with van der Waals surface area (Å²) in [6.07, 6.45) is 2.69. The van der Waals surface area contributed by atoms with Crippen molar-refractivity contribution in [2.24, 2.45) is 0 Å². The molecule has 0 N–H and O–H groups in total. The SMILES string of the molecule is N#Cc1ccc(N2CCCCC2=O)cc1. The first-order valence-corrected chi connectivity index (χ1v) is 5.12. The molecule has 0 aliphatic carbocycles. The topological polar surface area (TPSA) is 44.1 Å². The largest absolute Gasteiger partial charge is 0.312 e. The lowest BCUT2D eigenvalue weighted by atomic mass is 10.1. The number of amides is 1. The molecule has 0 bridgehead atoms. The molecule has 1 aromatic carbocycles. The Labute approximate surface area is 88.9 Å². The molecular weight excluding hydrogens is 188 g/mol. The maximum atomic E-state index is 11.6. The second kappa shape index (κ2) is 4.14. The van der Waals surface area contributed by atoms with E-state index in [-0.39, 0.29) is 5.91 Å². The zero-order chi connectivity index (χ0) is 10.7. The van der Waals surface area contributed by atoms with E-state index in [0.29, 0.717) is 12.0 Å². The van der Waals surface area contributed by atoms with Gasteiger partial charge in [-0.05, 0) is 37.1 Å². The number of piperidine rings is 1. The van der Waals surface area contributed by atoms with Gasteiger partial charge in [-0.2, -0.15) is 5.26 Å². The normalized spacial score (nSPS) is 16.2. The molecule has 1 aliphatic heterocycles. The molecule has 3 nitrogen and oxygen atoms in total. The molecule has 1 aromatic rings. The van der Waals surface area contributed by atoms with Crippen LogP contribution in [0.4, 0.5) is 5.69 Å². The molecule has 2 rings (SSSR count). The Kier molecular flexibility index (Phi) is 2.68. The molecular formula is C12H12N2O. The highest BCUT2D eigenvalue weighted by Crippen LogP contribution is 2.20. The van der Waals surface area contributed by atoms with E-state index < -0.39 is 0 Å². The van der Waals surface area contributed by atoms with Crippen molar-refractivity contribution in [1.82, 2.24) is 0 Å². The van der Waals surface area contributed by atoms with E-state index in [0.717, 1.165) is 25.1 Å². The summed E-state index contributed by atoms with van der Waals surface area (Å²) < 4.78 is 0. The first kappa shape index (κ1) is 9.72. The zero-order valence-corrected chi connectivity index (χ0v) is 8.44. The average Bonchev–Trinajstić information content (AvgIpc) is 2.30. The second-order valence-electron chi connectivity index (χ2n) is 3.66. The van der Waals surface area contributed by atoms with Crippen LogP contribution in [0.25, 0.3) is 0 Å². The van der Waals surface area contributed by atoms with Gasteiger partial charge in [0, 0.05) is 18.7 Å². The summed E-state index contributed by atoms with van der Waals surface area (Å²) in [6, 6.07) is 9.23. The molecule has 76 valence electrons. The number of carbonyl (C=O) groups is 1. The van der Waals surface area contributed by atoms with Crippen molar-refractivity contribution in [3.8, 4) is 6.07 Å². The third-order valence-electron chi connectivity index (χ3n) is 2.63. The first-order chi connectivity index (χ1) is 7.31. The highest BCUT2D eigenvalue weighted by Gasteiger charge is 2.18. The maximum Gasteiger partial charge on any atom is 0.226 e. The van der Waals surface area contributed by atoms with Gasteiger partial charge in [-0.1, -0.05) is 0 Å². The van der Waals surface area contributed by atoms with Gasteiger partial charge in [-0.25, -0.2) is 0 Å². The number of hydrogen-bond acceptors (Lipinski definition) is 2. The molecule has 0 unspecified atom stereocenters. The van der Waals surface area contributed by atoms with E-state index in [1.54, 1.807) is 17.0 Å². The number of rotatable bonds is 1. The van der Waals surface area contributed by atoms with Crippen molar-refractivity contribution >= 4 is 11.6 Å². The van der Waals surface area contributed by atoms with Crippen LogP contribution in [-0.2, 0) is 4.79 Å². The van der Waals surface area contributed by atoms with Crippen LogP contribution in [0.5, 0.6) is 0 Å². The van der Waals surface area contributed by atoms with Crippen LogP contribution >= 0.6 is 0 Å². The predicted molar refractivity (Wildman–Crippen MR) is 57.4 cm³/mol. The van der Waals surface area contributed by atoms with Gasteiger partial charge in [0.1, 0.15) is 0 Å². The van der Waals surface area contributed by atoms with E-state index in [9.17, 15) is 4.79 Å². The minimum absolute atomic E-state index is 0.186. The van der Waals surface area contributed by atoms with Crippen molar-refractivity contribution in [2.45, 2.75) is 19.3 Å². The van der Waals surface area contributed by atoms with Gasteiger partial charge >= 0.3 is 0 Å². The molecule has 1 amide bonds. The monoisotopic (exact) mass is 200 g/mol. The van der Waals surface area contributed by atoms with Crippen molar-refractivity contribution in [3.63, 3.8) is 0 Å². The number of benzene rings is 1. The van der Waals surface area contributed by atoms with Gasteiger partial charge in [-0.15, -0.1) is 0 Å². The molecule has 0 spiro atoms. The number of nitrogens with zero attached hydrogens (tertiary/aromatic N) is 2. The Morgan fingerprint density at radius 3 is 2.53 bits per heavy atom. The molecule has 1 aliphatic rings. The van der Waals surface area contributed by atoms with Crippen LogP contribution in [0, 0.1) is 11.3 Å². The fraction of sp³-hybridized carbons (Fsp3) is 0.333. The summed E-state index contributed by atoms with van der Waals surface area (Å²) in [6.45, 7) is 0.796. The molecule has 0 aromatic heterocycles. The molecule has 1 saturated heterocycles. The average molecular weight is 200 g/mol. The Bertz CT molecular complexity index is 403. The van der Waals surface area contributed by atoms with Crippen LogP contribution < -0.4 is 4.90 Å². The Morgan fingerprint density at radius 1 is 1.20 bits per heavy atom. The highest BCUT2D eigenvalue weighted by atomic mass is 16.2. The Morgan fingerprint density at radius 2 is 1.93 bits per heavy atom. The summed E-state index contributed by atoms with van der Waals surface area (Å²) in [4.78, 5) is 13.4. The predicted octanol–water partition coefficient (Wildman–Crippen LogP) is 2.08. The lowest BCUT2D eigenvalue weighted by Crippen LogP contribution is -2.35. The molecule has 0 radical (unpaired) electrons. The van der Waals surface area contributed by atoms with E-state index in [4.69, 9.17) is 5.26 Å². The highest BCUT2D eigenvalue weighted by molar-refractivity contribution is 5.93. The van der Waals surface area contributed by atoms with E-state index in [1.165, 1.54) is 0 Å². The number of nitriles is 1. The maximum absolute atomic E-state index is 11.6. The third-order valence-corrected chi connectivity index (χ3v) is 2.63. The van der Waals surface area contributed by atoms with Crippen molar-refractivity contribution < 1.29 is 4.79 Å². The summed E-state index contributed by atoms with van der Waals surface area (Å²) >= 11 is 0. The first-order valence-electron chi connectivity index (χ1n) is 5.12. The van der Waals surface area contributed by atoms with Crippen LogP contribution in [0.2, 0.25) is 0 Å². The minimum Gasteiger partial charge on any atom is -0.312 e. The van der Waals surface area contributed by atoms with E-state index >= 15 is 0 Å². The van der Waals surface area contributed by atoms with E-state index in [2.05, 4.69) is 6.07 Å². The Hall–Kier alpha value is -1.82.